The molecule has 0 spiro atoms. The van der Waals surface area contributed by atoms with Crippen LogP contribution in [0.1, 0.15) is 6.92 Å². The lowest BCUT2D eigenvalue weighted by Gasteiger charge is -2.02. The Kier molecular flexibility index (Phi) is 3.22. The normalized spacial score (nSPS) is 9.50. The minimum Gasteiger partial charge on any atom is -0.333 e. The van der Waals surface area contributed by atoms with Crippen LogP contribution in [0.5, 0.6) is 0 Å². The van der Waals surface area contributed by atoms with Crippen LogP contribution < -0.4 is 5.43 Å². The third-order valence-electron chi connectivity index (χ3n) is 2.45. The molecule has 0 aliphatic heterocycles. The molecule has 6 heteroatoms. The van der Waals surface area contributed by atoms with Gasteiger partial charge >= 0.3 is 0 Å². The molecule has 2 aromatic rings. The SMILES string of the molecule is CCn1ccc2cc(NN=C(C#N)C#N)cnc21. The van der Waals surface area contributed by atoms with Crippen LogP contribution in [-0.2, 0) is 6.54 Å². The van der Waals surface area contributed by atoms with Crippen molar-refractivity contribution in [2.24, 2.45) is 5.10 Å². The number of fused-ring (bicyclic) bond motifs is 1. The summed E-state index contributed by atoms with van der Waals surface area (Å²) < 4.78 is 2.03. The van der Waals surface area contributed by atoms with Gasteiger partial charge in [0.1, 0.15) is 17.8 Å². The number of pyridine rings is 1. The zero-order valence-corrected chi connectivity index (χ0v) is 9.75. The Hall–Kier alpha value is -2.86. The Labute approximate surface area is 104 Å². The molecule has 0 aliphatic carbocycles. The third kappa shape index (κ3) is 2.13. The predicted molar refractivity (Wildman–Crippen MR) is 67.7 cm³/mol. The standard InChI is InChI=1S/C12H10N6/c1-2-18-4-3-9-5-10(8-15-12(9)18)16-17-11(6-13)7-14/h3-5,8,16H,2H2,1H3. The van der Waals surface area contributed by atoms with Crippen molar-refractivity contribution in [3.8, 4) is 12.1 Å². The molecule has 1 N–H and O–H groups in total. The molecule has 0 amide bonds. The van der Waals surface area contributed by atoms with Crippen LogP contribution in [0.3, 0.4) is 0 Å². The quantitative estimate of drug-likeness (QED) is 0.652. The smallest absolute Gasteiger partial charge is 0.237 e. The van der Waals surface area contributed by atoms with E-state index in [0.29, 0.717) is 5.69 Å². The highest BCUT2D eigenvalue weighted by atomic mass is 15.3. The summed E-state index contributed by atoms with van der Waals surface area (Å²) in [6.45, 7) is 2.90. The Morgan fingerprint density at radius 1 is 1.50 bits per heavy atom. The van der Waals surface area contributed by atoms with Crippen molar-refractivity contribution in [1.29, 1.82) is 10.5 Å². The molecule has 0 aromatic carbocycles. The van der Waals surface area contributed by atoms with Gasteiger partial charge in [0.15, 0.2) is 0 Å². The minimum atomic E-state index is -0.221. The van der Waals surface area contributed by atoms with E-state index in [0.717, 1.165) is 17.6 Å². The van der Waals surface area contributed by atoms with Gasteiger partial charge < -0.3 is 4.57 Å². The number of hydrazone groups is 1. The van der Waals surface area contributed by atoms with Gasteiger partial charge in [-0.15, -0.1) is 0 Å². The van der Waals surface area contributed by atoms with Gasteiger partial charge in [0.25, 0.3) is 0 Å². The minimum absolute atomic E-state index is 0.221. The number of aromatic nitrogens is 2. The maximum Gasteiger partial charge on any atom is 0.237 e. The first-order valence-corrected chi connectivity index (χ1v) is 5.37. The average molecular weight is 238 g/mol. The van der Waals surface area contributed by atoms with Gasteiger partial charge in [0.05, 0.1) is 11.9 Å². The molecule has 6 nitrogen and oxygen atoms in total. The van der Waals surface area contributed by atoms with Crippen LogP contribution in [0.4, 0.5) is 5.69 Å². The van der Waals surface area contributed by atoms with Gasteiger partial charge in [-0.05, 0) is 19.1 Å². The van der Waals surface area contributed by atoms with Crippen LogP contribution in [-0.4, -0.2) is 15.3 Å². The van der Waals surface area contributed by atoms with E-state index >= 15 is 0 Å². The Morgan fingerprint density at radius 3 is 2.94 bits per heavy atom. The van der Waals surface area contributed by atoms with Crippen LogP contribution in [0, 0.1) is 22.7 Å². The predicted octanol–water partition coefficient (Wildman–Crippen LogP) is 1.87. The van der Waals surface area contributed by atoms with E-state index in [2.05, 4.69) is 15.5 Å². The lowest BCUT2D eigenvalue weighted by Crippen LogP contribution is -1.97. The van der Waals surface area contributed by atoms with E-state index in [1.54, 1.807) is 18.3 Å². The first-order valence-electron chi connectivity index (χ1n) is 5.37. The van der Waals surface area contributed by atoms with E-state index in [1.807, 2.05) is 29.8 Å². The second-order valence-corrected chi connectivity index (χ2v) is 3.53. The summed E-state index contributed by atoms with van der Waals surface area (Å²) in [6.07, 6.45) is 3.57. The molecule has 0 radical (unpaired) electrons. The van der Waals surface area contributed by atoms with Crippen molar-refractivity contribution in [1.82, 2.24) is 9.55 Å². The van der Waals surface area contributed by atoms with Crippen LogP contribution in [0.2, 0.25) is 0 Å². The molecule has 2 aromatic heterocycles. The second kappa shape index (κ2) is 4.98. The summed E-state index contributed by atoms with van der Waals surface area (Å²) >= 11 is 0. The molecule has 0 saturated heterocycles. The van der Waals surface area contributed by atoms with Crippen molar-refractivity contribution < 1.29 is 0 Å². The lowest BCUT2D eigenvalue weighted by atomic mass is 10.3. The summed E-state index contributed by atoms with van der Waals surface area (Å²) in [7, 11) is 0. The largest absolute Gasteiger partial charge is 0.333 e. The number of nitriles is 2. The van der Waals surface area contributed by atoms with Gasteiger partial charge in [-0.25, -0.2) is 4.98 Å². The number of rotatable bonds is 3. The molecule has 88 valence electrons. The Morgan fingerprint density at radius 2 is 2.28 bits per heavy atom. The molecule has 0 fully saturated rings. The fraction of sp³-hybridized carbons (Fsp3) is 0.167. The lowest BCUT2D eigenvalue weighted by molar-refractivity contribution is 0.788. The van der Waals surface area contributed by atoms with Crippen LogP contribution in [0.15, 0.2) is 29.6 Å². The Balaban J connectivity index is 2.30. The number of nitrogens with zero attached hydrogens (tertiary/aromatic N) is 5. The molecular formula is C12H10N6. The summed E-state index contributed by atoms with van der Waals surface area (Å²) in [5, 5.41) is 21.7. The molecule has 0 atom stereocenters. The first-order chi connectivity index (χ1) is 8.78. The monoisotopic (exact) mass is 238 g/mol. The summed E-state index contributed by atoms with van der Waals surface area (Å²) in [4.78, 5) is 4.31. The van der Waals surface area contributed by atoms with Crippen LogP contribution in [0.25, 0.3) is 11.0 Å². The van der Waals surface area contributed by atoms with Crippen LogP contribution >= 0.6 is 0 Å². The molecule has 18 heavy (non-hydrogen) atoms. The summed E-state index contributed by atoms with van der Waals surface area (Å²) in [5.74, 6) is 0. The van der Waals surface area contributed by atoms with Crippen molar-refractivity contribution in [2.45, 2.75) is 13.5 Å². The fourth-order valence-corrected chi connectivity index (χ4v) is 1.59. The van der Waals surface area contributed by atoms with E-state index in [-0.39, 0.29) is 5.71 Å². The van der Waals surface area contributed by atoms with Gasteiger partial charge in [0, 0.05) is 18.1 Å². The number of hydrogen-bond acceptors (Lipinski definition) is 5. The van der Waals surface area contributed by atoms with Gasteiger partial charge in [-0.2, -0.15) is 15.6 Å². The van der Waals surface area contributed by atoms with Crippen molar-refractivity contribution in [2.75, 3.05) is 5.43 Å². The molecule has 0 saturated carbocycles. The molecule has 0 unspecified atom stereocenters. The fourth-order valence-electron chi connectivity index (χ4n) is 1.59. The molecule has 0 bridgehead atoms. The van der Waals surface area contributed by atoms with Gasteiger partial charge in [0.2, 0.25) is 5.71 Å². The summed E-state index contributed by atoms with van der Waals surface area (Å²) in [5.41, 5.74) is 3.95. The number of aryl methyl sites for hydroxylation is 1. The van der Waals surface area contributed by atoms with Crippen molar-refractivity contribution in [3.05, 3.63) is 24.5 Å². The molecule has 2 heterocycles. The van der Waals surface area contributed by atoms with Gasteiger partial charge in [-0.3, -0.25) is 5.43 Å². The number of nitrogens with one attached hydrogen (secondary N) is 1. The molecule has 0 aliphatic rings. The maximum absolute atomic E-state index is 8.55. The van der Waals surface area contributed by atoms with Crippen molar-refractivity contribution in [3.63, 3.8) is 0 Å². The van der Waals surface area contributed by atoms with Crippen molar-refractivity contribution >= 4 is 22.4 Å². The third-order valence-corrected chi connectivity index (χ3v) is 2.45. The highest BCUT2D eigenvalue weighted by molar-refractivity contribution is 6.10. The second-order valence-electron chi connectivity index (χ2n) is 3.53. The van der Waals surface area contributed by atoms with E-state index in [1.165, 1.54) is 0 Å². The van der Waals surface area contributed by atoms with E-state index < -0.39 is 0 Å². The number of anilines is 1. The van der Waals surface area contributed by atoms with E-state index in [4.69, 9.17) is 10.5 Å². The zero-order valence-electron chi connectivity index (χ0n) is 9.75. The highest BCUT2D eigenvalue weighted by Crippen LogP contribution is 2.17. The number of hydrogen-bond donors (Lipinski definition) is 1. The average Bonchev–Trinajstić information content (AvgIpc) is 2.82. The molecular weight excluding hydrogens is 228 g/mol. The van der Waals surface area contributed by atoms with E-state index in [9.17, 15) is 0 Å². The topological polar surface area (TPSA) is 89.8 Å². The summed E-state index contributed by atoms with van der Waals surface area (Å²) in [6, 6.07) is 7.17. The zero-order chi connectivity index (χ0) is 13.0. The highest BCUT2D eigenvalue weighted by Gasteiger charge is 2.02. The Bertz CT molecular complexity index is 667. The first kappa shape index (κ1) is 11.6. The van der Waals surface area contributed by atoms with Gasteiger partial charge in [-0.1, -0.05) is 0 Å². The maximum atomic E-state index is 8.55. The molecule has 2 rings (SSSR count).